The SMILES string of the molecule is CCOc1cc(/C=C(\C#N)C(=O)Nc2ccc(OCc3ccc(C)cc3)cc2)cc(I)c1OCc1cccc([N+](=O)[O-])c1. The van der Waals surface area contributed by atoms with E-state index in [-0.39, 0.29) is 17.9 Å². The van der Waals surface area contributed by atoms with Gasteiger partial charge in [0.25, 0.3) is 11.6 Å². The second kappa shape index (κ2) is 14.8. The molecule has 0 unspecified atom stereocenters. The number of aryl methyl sites for hydroxylation is 1. The number of nitrogens with zero attached hydrogens (tertiary/aromatic N) is 2. The van der Waals surface area contributed by atoms with Crippen molar-refractivity contribution in [2.24, 2.45) is 0 Å². The second-order valence-electron chi connectivity index (χ2n) is 9.40. The molecule has 1 amide bonds. The molecule has 1 N–H and O–H groups in total. The molecule has 0 heterocycles. The first-order valence-corrected chi connectivity index (χ1v) is 14.4. The van der Waals surface area contributed by atoms with Gasteiger partial charge in [0.1, 0.15) is 30.6 Å². The van der Waals surface area contributed by atoms with Gasteiger partial charge in [0.2, 0.25) is 0 Å². The van der Waals surface area contributed by atoms with Gasteiger partial charge in [0, 0.05) is 17.8 Å². The van der Waals surface area contributed by atoms with Crippen LogP contribution in [0.4, 0.5) is 11.4 Å². The molecule has 4 aromatic carbocycles. The van der Waals surface area contributed by atoms with Crippen molar-refractivity contribution >= 4 is 45.9 Å². The molecule has 9 nitrogen and oxygen atoms in total. The topological polar surface area (TPSA) is 124 Å². The van der Waals surface area contributed by atoms with Crippen LogP contribution in [0.1, 0.15) is 29.2 Å². The summed E-state index contributed by atoms with van der Waals surface area (Å²) in [5.41, 5.74) is 3.84. The maximum Gasteiger partial charge on any atom is 0.269 e. The summed E-state index contributed by atoms with van der Waals surface area (Å²) < 4.78 is 18.3. The van der Waals surface area contributed by atoms with E-state index in [2.05, 4.69) is 27.9 Å². The van der Waals surface area contributed by atoms with Crippen LogP contribution in [0.15, 0.2) is 90.5 Å². The molecule has 0 spiro atoms. The third-order valence-corrected chi connectivity index (χ3v) is 6.95. The first kappa shape index (κ1) is 31.1. The summed E-state index contributed by atoms with van der Waals surface area (Å²) in [4.78, 5) is 23.6. The number of rotatable bonds is 12. The number of hydrogen-bond donors (Lipinski definition) is 1. The average Bonchev–Trinajstić information content (AvgIpc) is 3.00. The van der Waals surface area contributed by atoms with Crippen LogP contribution in [0.3, 0.4) is 0 Å². The van der Waals surface area contributed by atoms with Crippen LogP contribution in [-0.4, -0.2) is 17.4 Å². The fourth-order valence-electron chi connectivity index (χ4n) is 3.99. The highest BCUT2D eigenvalue weighted by atomic mass is 127. The molecule has 218 valence electrons. The first-order valence-electron chi connectivity index (χ1n) is 13.3. The van der Waals surface area contributed by atoms with Crippen molar-refractivity contribution in [1.29, 1.82) is 5.26 Å². The number of carbonyl (C=O) groups is 1. The summed E-state index contributed by atoms with van der Waals surface area (Å²) in [5.74, 6) is 0.971. The lowest BCUT2D eigenvalue weighted by Crippen LogP contribution is -2.13. The van der Waals surface area contributed by atoms with Gasteiger partial charge in [-0.1, -0.05) is 42.0 Å². The largest absolute Gasteiger partial charge is 0.490 e. The zero-order valence-electron chi connectivity index (χ0n) is 23.5. The van der Waals surface area contributed by atoms with Crippen molar-refractivity contribution in [3.8, 4) is 23.3 Å². The van der Waals surface area contributed by atoms with E-state index >= 15 is 0 Å². The lowest BCUT2D eigenvalue weighted by molar-refractivity contribution is -0.384. The summed E-state index contributed by atoms with van der Waals surface area (Å²) >= 11 is 2.08. The summed E-state index contributed by atoms with van der Waals surface area (Å²) in [6.07, 6.45) is 1.48. The minimum atomic E-state index is -0.560. The Morgan fingerprint density at radius 3 is 2.37 bits per heavy atom. The van der Waals surface area contributed by atoms with Crippen molar-refractivity contribution < 1.29 is 23.9 Å². The molecule has 0 fully saturated rings. The van der Waals surface area contributed by atoms with Crippen LogP contribution in [0.5, 0.6) is 17.2 Å². The van der Waals surface area contributed by atoms with Gasteiger partial charge < -0.3 is 19.5 Å². The number of nitriles is 1. The van der Waals surface area contributed by atoms with Gasteiger partial charge in [0.05, 0.1) is 15.1 Å². The molecule has 4 aromatic rings. The molecule has 4 rings (SSSR count). The first-order chi connectivity index (χ1) is 20.7. The van der Waals surface area contributed by atoms with Crippen molar-refractivity contribution in [1.82, 2.24) is 0 Å². The number of carbonyl (C=O) groups excluding carboxylic acids is 1. The number of nitro benzene ring substituents is 1. The van der Waals surface area contributed by atoms with Gasteiger partial charge in [-0.3, -0.25) is 14.9 Å². The lowest BCUT2D eigenvalue weighted by atomic mass is 10.1. The summed E-state index contributed by atoms with van der Waals surface area (Å²) in [7, 11) is 0. The third-order valence-electron chi connectivity index (χ3n) is 6.15. The Labute approximate surface area is 263 Å². The van der Waals surface area contributed by atoms with E-state index in [1.165, 1.54) is 23.8 Å². The minimum absolute atomic E-state index is 0.0222. The molecule has 0 bridgehead atoms. The number of anilines is 1. The van der Waals surface area contributed by atoms with Crippen LogP contribution in [0.25, 0.3) is 6.08 Å². The Morgan fingerprint density at radius 1 is 0.977 bits per heavy atom. The maximum absolute atomic E-state index is 12.9. The standard InChI is InChI=1S/C33H28IN3O6/c1-3-41-31-18-25(17-30(34)32(31)43-21-24-5-4-6-28(16-24)37(39)40)15-26(19-35)33(38)36-27-11-13-29(14-12-27)42-20-23-9-7-22(2)8-10-23/h4-18H,3,20-21H2,1-2H3,(H,36,38)/b26-15+. The average molecular weight is 690 g/mol. The van der Waals surface area contributed by atoms with Crippen molar-refractivity contribution in [2.45, 2.75) is 27.1 Å². The number of hydrogen-bond acceptors (Lipinski definition) is 7. The number of benzene rings is 4. The van der Waals surface area contributed by atoms with Gasteiger partial charge in [-0.2, -0.15) is 5.26 Å². The molecular weight excluding hydrogens is 661 g/mol. The Kier molecular flexibility index (Phi) is 10.7. The van der Waals surface area contributed by atoms with E-state index in [0.717, 1.165) is 5.56 Å². The molecule has 10 heteroatoms. The molecule has 0 aliphatic heterocycles. The van der Waals surface area contributed by atoms with Crippen molar-refractivity contribution in [3.05, 3.63) is 126 Å². The Balaban J connectivity index is 1.44. The minimum Gasteiger partial charge on any atom is -0.490 e. The molecule has 0 aliphatic carbocycles. The smallest absolute Gasteiger partial charge is 0.269 e. The van der Waals surface area contributed by atoms with Crippen LogP contribution in [0.2, 0.25) is 0 Å². The fourth-order valence-corrected chi connectivity index (χ4v) is 4.77. The number of non-ortho nitro benzene ring substituents is 1. The van der Waals surface area contributed by atoms with Crippen LogP contribution in [-0.2, 0) is 18.0 Å². The molecule has 0 atom stereocenters. The molecule has 0 aromatic heterocycles. The highest BCUT2D eigenvalue weighted by Gasteiger charge is 2.16. The highest BCUT2D eigenvalue weighted by molar-refractivity contribution is 14.1. The summed E-state index contributed by atoms with van der Waals surface area (Å²) in [6, 6.07) is 26.6. The Hall–Kier alpha value is -4.89. The highest BCUT2D eigenvalue weighted by Crippen LogP contribution is 2.36. The number of nitrogens with one attached hydrogen (secondary N) is 1. The normalized spacial score (nSPS) is 10.9. The molecular formula is C33H28IN3O6. The second-order valence-corrected chi connectivity index (χ2v) is 10.6. The van der Waals surface area contributed by atoms with Gasteiger partial charge in [-0.05, 0) is 95.6 Å². The molecule has 0 saturated carbocycles. The molecule has 0 radical (unpaired) electrons. The van der Waals surface area contributed by atoms with Crippen LogP contribution >= 0.6 is 22.6 Å². The van der Waals surface area contributed by atoms with Crippen molar-refractivity contribution in [3.63, 3.8) is 0 Å². The van der Waals surface area contributed by atoms with Crippen LogP contribution in [0, 0.1) is 31.9 Å². The van der Waals surface area contributed by atoms with E-state index in [1.807, 2.05) is 44.2 Å². The summed E-state index contributed by atoms with van der Waals surface area (Å²) in [5, 5.41) is 23.6. The lowest BCUT2D eigenvalue weighted by Gasteiger charge is -2.15. The zero-order chi connectivity index (χ0) is 30.8. The van der Waals surface area contributed by atoms with Gasteiger partial charge in [-0.15, -0.1) is 0 Å². The van der Waals surface area contributed by atoms with Gasteiger partial charge in [-0.25, -0.2) is 0 Å². The predicted octanol–water partition coefficient (Wildman–Crippen LogP) is 7.61. The maximum atomic E-state index is 12.9. The monoisotopic (exact) mass is 689 g/mol. The fraction of sp³-hybridized carbons (Fsp3) is 0.152. The number of nitro groups is 1. The van der Waals surface area contributed by atoms with Crippen molar-refractivity contribution in [2.75, 3.05) is 11.9 Å². The predicted molar refractivity (Wildman–Crippen MR) is 172 cm³/mol. The van der Waals surface area contributed by atoms with E-state index in [0.29, 0.717) is 50.8 Å². The Morgan fingerprint density at radius 2 is 1.70 bits per heavy atom. The molecule has 43 heavy (non-hydrogen) atoms. The van der Waals surface area contributed by atoms with Gasteiger partial charge >= 0.3 is 0 Å². The van der Waals surface area contributed by atoms with E-state index in [1.54, 1.807) is 48.5 Å². The number of amides is 1. The third kappa shape index (κ3) is 8.80. The number of halogens is 1. The van der Waals surface area contributed by atoms with Crippen LogP contribution < -0.4 is 19.5 Å². The quantitative estimate of drug-likeness (QED) is 0.0534. The van der Waals surface area contributed by atoms with E-state index in [4.69, 9.17) is 14.2 Å². The summed E-state index contributed by atoms with van der Waals surface area (Å²) in [6.45, 7) is 4.73. The van der Waals surface area contributed by atoms with Gasteiger partial charge in [0.15, 0.2) is 11.5 Å². The molecule has 0 saturated heterocycles. The van der Waals surface area contributed by atoms with E-state index < -0.39 is 10.8 Å². The zero-order valence-corrected chi connectivity index (χ0v) is 25.7. The van der Waals surface area contributed by atoms with E-state index in [9.17, 15) is 20.2 Å². The molecule has 0 aliphatic rings. The number of ether oxygens (including phenoxy) is 3. The Bertz CT molecular complexity index is 1680.